The van der Waals surface area contributed by atoms with Crippen molar-refractivity contribution in [1.29, 1.82) is 0 Å². The molecule has 0 saturated carbocycles. The van der Waals surface area contributed by atoms with Gasteiger partial charge < -0.3 is 5.11 Å². The smallest absolute Gasteiger partial charge is 0.244 e. The van der Waals surface area contributed by atoms with Crippen LogP contribution < -0.4 is 0 Å². The molecule has 1 N–H and O–H groups in total. The lowest BCUT2D eigenvalue weighted by atomic mass is 10.2. The molecule has 2 rings (SSSR count). The van der Waals surface area contributed by atoms with Crippen LogP contribution in [0.3, 0.4) is 0 Å². The monoisotopic (exact) mass is 369 g/mol. The predicted molar refractivity (Wildman–Crippen MR) is 87.7 cm³/mol. The molecule has 0 radical (unpaired) electrons. The Morgan fingerprint density at radius 3 is 2.67 bits per heavy atom. The number of benzene rings is 1. The highest BCUT2D eigenvalue weighted by molar-refractivity contribution is 8.00. The summed E-state index contributed by atoms with van der Waals surface area (Å²) in [6, 6.07) is 2.75. The third-order valence-corrected chi connectivity index (χ3v) is 7.99. The number of aliphatic hydroxyl groups excluding tert-OH is 1. The average molecular weight is 370 g/mol. The third-order valence-electron chi connectivity index (χ3n) is 3.72. The Bertz CT molecular complexity index is 637. The normalized spacial score (nSPS) is 24.2. The average Bonchev–Trinajstić information content (AvgIpc) is 2.41. The molecule has 0 bridgehead atoms. The van der Waals surface area contributed by atoms with Crippen LogP contribution in [0.2, 0.25) is 10.0 Å². The Morgan fingerprint density at radius 1 is 1.38 bits per heavy atom. The fourth-order valence-corrected chi connectivity index (χ4v) is 6.16. The molecule has 1 aliphatic rings. The van der Waals surface area contributed by atoms with Crippen LogP contribution in [0.1, 0.15) is 19.4 Å². The SMILES string of the molecule is CC1SCCN(S(=O)(=O)c2ccc(Cl)c(CO)c2Cl)C1C. The maximum absolute atomic E-state index is 12.9. The summed E-state index contributed by atoms with van der Waals surface area (Å²) < 4.78 is 27.2. The number of hydrogen-bond acceptors (Lipinski definition) is 4. The van der Waals surface area contributed by atoms with Crippen LogP contribution in [0.15, 0.2) is 17.0 Å². The van der Waals surface area contributed by atoms with Crippen LogP contribution in [0.25, 0.3) is 0 Å². The van der Waals surface area contributed by atoms with Gasteiger partial charge >= 0.3 is 0 Å². The molecule has 0 amide bonds. The van der Waals surface area contributed by atoms with Crippen molar-refractivity contribution in [1.82, 2.24) is 4.31 Å². The van der Waals surface area contributed by atoms with Crippen molar-refractivity contribution in [2.45, 2.75) is 36.6 Å². The second-order valence-corrected chi connectivity index (χ2v) is 9.06. The lowest BCUT2D eigenvalue weighted by molar-refractivity contribution is 0.281. The highest BCUT2D eigenvalue weighted by atomic mass is 35.5. The summed E-state index contributed by atoms with van der Waals surface area (Å²) in [5.41, 5.74) is 0.242. The first-order chi connectivity index (χ1) is 9.80. The number of sulfonamides is 1. The lowest BCUT2D eigenvalue weighted by Gasteiger charge is -2.36. The van der Waals surface area contributed by atoms with Gasteiger partial charge in [-0.1, -0.05) is 30.1 Å². The maximum Gasteiger partial charge on any atom is 0.244 e. The van der Waals surface area contributed by atoms with Crippen molar-refractivity contribution in [3.63, 3.8) is 0 Å². The molecule has 21 heavy (non-hydrogen) atoms. The Labute approximate surface area is 139 Å². The molecule has 2 unspecified atom stereocenters. The molecular formula is C13H17Cl2NO3S2. The standard InChI is InChI=1S/C13H17Cl2NO3S2/c1-8-9(2)20-6-5-16(8)21(18,19)12-4-3-11(14)10(7-17)13(12)15/h3-4,8-9,17H,5-7H2,1-2H3. The Kier molecular flexibility index (Phi) is 5.50. The summed E-state index contributed by atoms with van der Waals surface area (Å²) in [5.74, 6) is 0.753. The molecular weight excluding hydrogens is 353 g/mol. The second kappa shape index (κ2) is 6.64. The van der Waals surface area contributed by atoms with Crippen LogP contribution in [0, 0.1) is 0 Å². The van der Waals surface area contributed by atoms with E-state index < -0.39 is 16.6 Å². The van der Waals surface area contributed by atoms with Crippen LogP contribution in [-0.4, -0.2) is 41.4 Å². The van der Waals surface area contributed by atoms with Crippen molar-refractivity contribution < 1.29 is 13.5 Å². The quantitative estimate of drug-likeness (QED) is 0.889. The van der Waals surface area contributed by atoms with Gasteiger partial charge in [0.1, 0.15) is 4.90 Å². The second-order valence-electron chi connectivity index (χ2n) is 4.93. The van der Waals surface area contributed by atoms with Crippen molar-refractivity contribution in [2.24, 2.45) is 0 Å². The molecule has 1 fully saturated rings. The van der Waals surface area contributed by atoms with Gasteiger partial charge in [-0.25, -0.2) is 8.42 Å². The van der Waals surface area contributed by atoms with Crippen LogP contribution >= 0.6 is 35.0 Å². The van der Waals surface area contributed by atoms with Crippen molar-refractivity contribution >= 4 is 45.0 Å². The van der Waals surface area contributed by atoms with Gasteiger partial charge in [0.2, 0.25) is 10.0 Å². The number of nitrogens with zero attached hydrogens (tertiary/aromatic N) is 1. The number of aliphatic hydroxyl groups is 1. The Balaban J connectivity index is 2.49. The van der Waals surface area contributed by atoms with Gasteiger partial charge in [0, 0.05) is 34.2 Å². The number of hydrogen-bond donors (Lipinski definition) is 1. The Hall–Kier alpha value is 0.0200. The first-order valence-electron chi connectivity index (χ1n) is 6.52. The molecule has 0 aliphatic carbocycles. The molecule has 2 atom stereocenters. The molecule has 118 valence electrons. The molecule has 0 aromatic heterocycles. The summed E-state index contributed by atoms with van der Waals surface area (Å²) in [6.07, 6.45) is 0. The van der Waals surface area contributed by atoms with E-state index in [9.17, 15) is 13.5 Å². The van der Waals surface area contributed by atoms with Crippen molar-refractivity contribution in [3.8, 4) is 0 Å². The Morgan fingerprint density at radius 2 is 2.05 bits per heavy atom. The van der Waals surface area contributed by atoms with Crippen LogP contribution in [-0.2, 0) is 16.6 Å². The topological polar surface area (TPSA) is 57.6 Å². The zero-order valence-corrected chi connectivity index (χ0v) is 14.9. The third kappa shape index (κ3) is 3.21. The van der Waals surface area contributed by atoms with Gasteiger partial charge in [-0.3, -0.25) is 0 Å². The molecule has 1 saturated heterocycles. The van der Waals surface area contributed by atoms with Crippen molar-refractivity contribution in [3.05, 3.63) is 27.7 Å². The van der Waals surface area contributed by atoms with Crippen LogP contribution in [0.5, 0.6) is 0 Å². The molecule has 1 aromatic carbocycles. The van der Waals surface area contributed by atoms with Gasteiger partial charge in [0.05, 0.1) is 11.6 Å². The van der Waals surface area contributed by atoms with Gasteiger partial charge in [0.25, 0.3) is 0 Å². The first-order valence-corrected chi connectivity index (χ1v) is 9.76. The maximum atomic E-state index is 12.9. The summed E-state index contributed by atoms with van der Waals surface area (Å²) in [5, 5.41) is 9.80. The van der Waals surface area contributed by atoms with E-state index >= 15 is 0 Å². The number of rotatable bonds is 3. The zero-order chi connectivity index (χ0) is 15.8. The number of halogens is 2. The molecule has 0 spiro atoms. The molecule has 8 heteroatoms. The summed E-state index contributed by atoms with van der Waals surface area (Å²) in [4.78, 5) is 0.00330. The van der Waals surface area contributed by atoms with E-state index in [1.165, 1.54) is 16.4 Å². The zero-order valence-electron chi connectivity index (χ0n) is 11.7. The fourth-order valence-electron chi connectivity index (χ4n) is 2.29. The van der Waals surface area contributed by atoms with E-state index in [2.05, 4.69) is 0 Å². The summed E-state index contributed by atoms with van der Waals surface area (Å²) in [7, 11) is -3.71. The largest absolute Gasteiger partial charge is 0.392 e. The van der Waals surface area contributed by atoms with E-state index in [4.69, 9.17) is 23.2 Å². The van der Waals surface area contributed by atoms with E-state index in [-0.39, 0.29) is 31.8 Å². The van der Waals surface area contributed by atoms with E-state index in [1.807, 2.05) is 13.8 Å². The minimum atomic E-state index is -3.71. The predicted octanol–water partition coefficient (Wildman–Crippen LogP) is 3.00. The van der Waals surface area contributed by atoms with E-state index in [1.54, 1.807) is 11.8 Å². The molecule has 4 nitrogen and oxygen atoms in total. The summed E-state index contributed by atoms with van der Waals surface area (Å²) in [6.45, 7) is 3.96. The van der Waals surface area contributed by atoms with E-state index in [0.717, 1.165) is 5.75 Å². The highest BCUT2D eigenvalue weighted by Gasteiger charge is 2.36. The van der Waals surface area contributed by atoms with Gasteiger partial charge in [-0.15, -0.1) is 0 Å². The van der Waals surface area contributed by atoms with Gasteiger partial charge in [-0.2, -0.15) is 16.1 Å². The van der Waals surface area contributed by atoms with E-state index in [0.29, 0.717) is 6.54 Å². The number of thioether (sulfide) groups is 1. The van der Waals surface area contributed by atoms with Crippen molar-refractivity contribution in [2.75, 3.05) is 12.3 Å². The molecule has 1 aromatic rings. The summed E-state index contributed by atoms with van der Waals surface area (Å²) >= 11 is 13.8. The molecule has 1 heterocycles. The van der Waals surface area contributed by atoms with Crippen LogP contribution in [0.4, 0.5) is 0 Å². The van der Waals surface area contributed by atoms with Gasteiger partial charge in [-0.05, 0) is 19.1 Å². The first kappa shape index (κ1) is 17.4. The minimum Gasteiger partial charge on any atom is -0.392 e. The highest BCUT2D eigenvalue weighted by Crippen LogP contribution is 2.35. The lowest BCUT2D eigenvalue weighted by Crippen LogP contribution is -2.47. The van der Waals surface area contributed by atoms with Gasteiger partial charge in [0.15, 0.2) is 0 Å². The molecule has 1 aliphatic heterocycles. The minimum absolute atomic E-state index is 0.00285. The fraction of sp³-hybridized carbons (Fsp3) is 0.538.